The molecule has 2 aliphatic heterocycles. The van der Waals surface area contributed by atoms with Gasteiger partial charge in [0.1, 0.15) is 17.4 Å². The lowest BCUT2D eigenvalue weighted by atomic mass is 10.1. The molecule has 2 fully saturated rings. The fraction of sp³-hybridized carbons (Fsp3) is 0.478. The van der Waals surface area contributed by atoms with Gasteiger partial charge in [0.15, 0.2) is 0 Å². The van der Waals surface area contributed by atoms with E-state index in [1.165, 1.54) is 0 Å². The number of hydrogen-bond acceptors (Lipinski definition) is 7. The van der Waals surface area contributed by atoms with Gasteiger partial charge in [-0.2, -0.15) is 15.2 Å². The molecule has 0 radical (unpaired) electrons. The normalized spacial score (nSPS) is 19.5. The monoisotopic (exact) mass is 449 g/mol. The Hall–Kier alpha value is -3.24. The maximum absolute atomic E-state index is 6.34. The first kappa shape index (κ1) is 20.4. The lowest BCUT2D eigenvalue weighted by molar-refractivity contribution is 0.0662. The van der Waals surface area contributed by atoms with Crippen LogP contribution < -0.4 is 4.74 Å². The minimum atomic E-state index is -0.00975. The third-order valence-electron chi connectivity index (χ3n) is 6.27. The van der Waals surface area contributed by atoms with Crippen LogP contribution in [0.25, 0.3) is 16.7 Å². The molecule has 10 heteroatoms. The Morgan fingerprint density at radius 1 is 1.03 bits per heavy atom. The molecule has 4 aromatic rings. The molecular formula is C23H27N7O3. The largest absolute Gasteiger partial charge is 0.470 e. The molecule has 33 heavy (non-hydrogen) atoms. The number of ether oxygens (including phenoxy) is 3. The van der Waals surface area contributed by atoms with Crippen LogP contribution in [0.1, 0.15) is 36.7 Å². The van der Waals surface area contributed by atoms with E-state index in [0.29, 0.717) is 37.4 Å². The maximum atomic E-state index is 6.34. The number of fused-ring (bicyclic) bond motifs is 1. The molecule has 2 aliphatic rings. The summed E-state index contributed by atoms with van der Waals surface area (Å²) in [5.41, 5.74) is 3.71. The molecule has 0 bridgehead atoms. The molecule has 0 aromatic carbocycles. The highest BCUT2D eigenvalue weighted by Gasteiger charge is 2.23. The summed E-state index contributed by atoms with van der Waals surface area (Å²) in [6, 6.07) is 2.39. The van der Waals surface area contributed by atoms with E-state index < -0.39 is 0 Å². The lowest BCUT2D eigenvalue weighted by Crippen LogP contribution is -2.19. The van der Waals surface area contributed by atoms with E-state index in [1.807, 2.05) is 42.5 Å². The summed E-state index contributed by atoms with van der Waals surface area (Å²) >= 11 is 0. The third-order valence-corrected chi connectivity index (χ3v) is 6.27. The molecule has 0 N–H and O–H groups in total. The van der Waals surface area contributed by atoms with Crippen molar-refractivity contribution in [3.05, 3.63) is 48.4 Å². The summed E-state index contributed by atoms with van der Waals surface area (Å²) in [6.07, 6.45) is 13.2. The summed E-state index contributed by atoms with van der Waals surface area (Å²) in [5.74, 6) is 1.29. The topological polar surface area (TPSA) is 94.0 Å². The lowest BCUT2D eigenvalue weighted by Gasteiger charge is -2.22. The quantitative estimate of drug-likeness (QED) is 0.446. The molecule has 1 atom stereocenters. The first-order valence-electron chi connectivity index (χ1n) is 11.4. The molecule has 10 nitrogen and oxygen atoms in total. The van der Waals surface area contributed by atoms with Gasteiger partial charge in [-0.3, -0.25) is 9.36 Å². The van der Waals surface area contributed by atoms with Gasteiger partial charge in [0.05, 0.1) is 42.9 Å². The molecule has 0 unspecified atom stereocenters. The molecule has 0 amide bonds. The zero-order chi connectivity index (χ0) is 22.2. The Morgan fingerprint density at radius 3 is 2.70 bits per heavy atom. The average Bonchev–Trinajstić information content (AvgIpc) is 3.62. The Bertz CT molecular complexity index is 1250. The Morgan fingerprint density at radius 2 is 1.91 bits per heavy atom. The molecule has 0 saturated carbocycles. The molecule has 4 aromatic heterocycles. The molecular weight excluding hydrogens is 422 g/mol. The van der Waals surface area contributed by atoms with Crippen molar-refractivity contribution in [2.75, 3.05) is 26.4 Å². The van der Waals surface area contributed by atoms with Gasteiger partial charge in [0.2, 0.25) is 5.88 Å². The molecule has 0 aliphatic carbocycles. The fourth-order valence-electron chi connectivity index (χ4n) is 4.53. The van der Waals surface area contributed by atoms with Crippen LogP contribution in [0.2, 0.25) is 0 Å². The highest BCUT2D eigenvalue weighted by Crippen LogP contribution is 2.29. The second-order valence-corrected chi connectivity index (χ2v) is 8.69. The van der Waals surface area contributed by atoms with Crippen molar-refractivity contribution < 1.29 is 14.2 Å². The minimum absolute atomic E-state index is 0.00975. The van der Waals surface area contributed by atoms with Crippen LogP contribution in [-0.4, -0.2) is 66.6 Å². The second kappa shape index (κ2) is 8.60. The number of aromatic nitrogens is 7. The number of hydrogen-bond donors (Lipinski definition) is 0. The average molecular weight is 450 g/mol. The van der Waals surface area contributed by atoms with Gasteiger partial charge in [-0.15, -0.1) is 0 Å². The van der Waals surface area contributed by atoms with Gasteiger partial charge in [0, 0.05) is 51.7 Å². The van der Waals surface area contributed by atoms with Crippen molar-refractivity contribution in [2.45, 2.75) is 37.8 Å². The van der Waals surface area contributed by atoms with Crippen LogP contribution in [0, 0.1) is 0 Å². The van der Waals surface area contributed by atoms with E-state index in [0.717, 1.165) is 54.8 Å². The van der Waals surface area contributed by atoms with Crippen molar-refractivity contribution in [1.82, 2.24) is 34.1 Å². The van der Waals surface area contributed by atoms with Crippen molar-refractivity contribution in [2.24, 2.45) is 7.05 Å². The highest BCUT2D eigenvalue weighted by atomic mass is 16.5. The number of aryl methyl sites for hydroxylation is 1. The Labute approximate surface area is 191 Å². The molecule has 6 heterocycles. The molecule has 6 rings (SSSR count). The zero-order valence-electron chi connectivity index (χ0n) is 18.6. The Kier molecular flexibility index (Phi) is 5.31. The second-order valence-electron chi connectivity index (χ2n) is 8.69. The predicted molar refractivity (Wildman–Crippen MR) is 120 cm³/mol. The predicted octanol–water partition coefficient (Wildman–Crippen LogP) is 2.46. The summed E-state index contributed by atoms with van der Waals surface area (Å²) in [5, 5.41) is 8.90. The van der Waals surface area contributed by atoms with Gasteiger partial charge in [-0.1, -0.05) is 0 Å². The van der Waals surface area contributed by atoms with Crippen molar-refractivity contribution in [1.29, 1.82) is 0 Å². The molecule has 2 saturated heterocycles. The van der Waals surface area contributed by atoms with E-state index in [1.54, 1.807) is 4.68 Å². The SMILES string of the molecule is Cn1cc(-n2ccc3nc(Cc4cnn(C5CCOCC5)c4)nc(O[C@H]4CCOC4)c32)cn1. The number of rotatable bonds is 6. The molecule has 172 valence electrons. The van der Waals surface area contributed by atoms with Gasteiger partial charge < -0.3 is 18.8 Å². The van der Waals surface area contributed by atoms with Crippen LogP contribution in [0.15, 0.2) is 37.1 Å². The van der Waals surface area contributed by atoms with Gasteiger partial charge >= 0.3 is 0 Å². The van der Waals surface area contributed by atoms with Crippen LogP contribution >= 0.6 is 0 Å². The van der Waals surface area contributed by atoms with Crippen LogP contribution in [0.3, 0.4) is 0 Å². The van der Waals surface area contributed by atoms with E-state index in [-0.39, 0.29) is 6.10 Å². The van der Waals surface area contributed by atoms with E-state index >= 15 is 0 Å². The smallest absolute Gasteiger partial charge is 0.242 e. The van der Waals surface area contributed by atoms with Crippen LogP contribution in [0.4, 0.5) is 0 Å². The van der Waals surface area contributed by atoms with Gasteiger partial charge in [0.25, 0.3) is 0 Å². The third kappa shape index (κ3) is 4.11. The highest BCUT2D eigenvalue weighted by molar-refractivity contribution is 5.82. The van der Waals surface area contributed by atoms with E-state index in [2.05, 4.69) is 21.1 Å². The van der Waals surface area contributed by atoms with Gasteiger partial charge in [-0.25, -0.2) is 4.98 Å². The van der Waals surface area contributed by atoms with Crippen LogP contribution in [-0.2, 0) is 22.9 Å². The Balaban J connectivity index is 1.33. The first-order chi connectivity index (χ1) is 16.2. The zero-order valence-corrected chi connectivity index (χ0v) is 18.6. The van der Waals surface area contributed by atoms with Crippen molar-refractivity contribution in [3.8, 4) is 11.6 Å². The molecule has 0 spiro atoms. The van der Waals surface area contributed by atoms with E-state index in [9.17, 15) is 0 Å². The maximum Gasteiger partial charge on any atom is 0.242 e. The fourth-order valence-corrected chi connectivity index (χ4v) is 4.53. The van der Waals surface area contributed by atoms with Crippen LogP contribution in [0.5, 0.6) is 5.88 Å². The first-order valence-corrected chi connectivity index (χ1v) is 11.4. The van der Waals surface area contributed by atoms with Crippen molar-refractivity contribution in [3.63, 3.8) is 0 Å². The van der Waals surface area contributed by atoms with Crippen molar-refractivity contribution >= 4 is 11.0 Å². The minimum Gasteiger partial charge on any atom is -0.470 e. The summed E-state index contributed by atoms with van der Waals surface area (Å²) in [6.45, 7) is 2.87. The summed E-state index contributed by atoms with van der Waals surface area (Å²) in [4.78, 5) is 9.71. The van der Waals surface area contributed by atoms with Gasteiger partial charge in [-0.05, 0) is 24.5 Å². The number of nitrogens with zero attached hydrogens (tertiary/aromatic N) is 7. The van der Waals surface area contributed by atoms with E-state index in [4.69, 9.17) is 24.2 Å². The summed E-state index contributed by atoms with van der Waals surface area (Å²) in [7, 11) is 1.90. The standard InChI is InChI=1S/C23H27N7O3/c1-28-14-18(12-24-28)29-6-2-20-22(29)23(33-19-5-9-32-15-19)27-21(26-20)10-16-11-25-30(13-16)17-3-7-31-8-4-17/h2,6,11-14,17,19H,3-5,7-10,15H2,1H3/t19-/m0/s1. The summed E-state index contributed by atoms with van der Waals surface area (Å²) < 4.78 is 23.2.